The van der Waals surface area contributed by atoms with Crippen LogP contribution in [0, 0.1) is 28.4 Å². The number of benzene rings is 1. The summed E-state index contributed by atoms with van der Waals surface area (Å²) in [5.74, 6) is 0.241. The van der Waals surface area contributed by atoms with Gasteiger partial charge in [0.05, 0.1) is 17.5 Å². The van der Waals surface area contributed by atoms with Gasteiger partial charge in [-0.2, -0.15) is 5.26 Å². The highest BCUT2D eigenvalue weighted by atomic mass is 16.6. The monoisotopic (exact) mass is 327 g/mol. The zero-order valence-corrected chi connectivity index (χ0v) is 12.6. The highest BCUT2D eigenvalue weighted by Gasteiger charge is 2.13. The van der Waals surface area contributed by atoms with Gasteiger partial charge in [-0.25, -0.2) is 0 Å². The summed E-state index contributed by atoms with van der Waals surface area (Å²) in [6.07, 6.45) is 1.16. The molecule has 8 nitrogen and oxygen atoms in total. The average Bonchev–Trinajstić information content (AvgIpc) is 2.95. The van der Waals surface area contributed by atoms with Gasteiger partial charge in [0.2, 0.25) is 0 Å². The first-order chi connectivity index (χ1) is 11.4. The predicted molar refractivity (Wildman–Crippen MR) is 83.6 cm³/mol. The van der Waals surface area contributed by atoms with Crippen molar-refractivity contribution in [3.05, 3.63) is 63.1 Å². The Hall–Kier alpha value is -3.60. The molecule has 1 heterocycles. The number of carbonyl (C=O) groups is 1. The van der Waals surface area contributed by atoms with E-state index in [-0.39, 0.29) is 29.1 Å². The molecular formula is C16H13N3O5. The van der Waals surface area contributed by atoms with Crippen LogP contribution in [0.15, 0.2) is 40.3 Å². The van der Waals surface area contributed by atoms with E-state index in [2.05, 4.69) is 5.32 Å². The number of hydrogen-bond acceptors (Lipinski definition) is 6. The molecule has 0 fully saturated rings. The second-order valence-corrected chi connectivity index (χ2v) is 4.90. The Balaban J connectivity index is 2.18. The van der Waals surface area contributed by atoms with E-state index in [0.717, 1.165) is 18.2 Å². The van der Waals surface area contributed by atoms with Crippen LogP contribution in [0.25, 0.3) is 6.08 Å². The Kier molecular flexibility index (Phi) is 4.96. The normalized spacial score (nSPS) is 10.9. The summed E-state index contributed by atoms with van der Waals surface area (Å²) < 4.78 is 5.30. The Morgan fingerprint density at radius 2 is 2.21 bits per heavy atom. The summed E-state index contributed by atoms with van der Waals surface area (Å²) in [5.41, 5.74) is -0.426. The lowest BCUT2D eigenvalue weighted by Gasteiger charge is -2.03. The third-order valence-corrected chi connectivity index (χ3v) is 3.03. The summed E-state index contributed by atoms with van der Waals surface area (Å²) in [6.45, 7) is 1.87. The van der Waals surface area contributed by atoms with E-state index >= 15 is 0 Å². The van der Waals surface area contributed by atoms with Crippen LogP contribution < -0.4 is 5.32 Å². The van der Waals surface area contributed by atoms with Crippen molar-refractivity contribution in [3.63, 3.8) is 0 Å². The van der Waals surface area contributed by atoms with Crippen molar-refractivity contribution in [2.45, 2.75) is 13.5 Å². The van der Waals surface area contributed by atoms with Crippen molar-refractivity contribution in [1.82, 2.24) is 5.32 Å². The molecule has 0 spiro atoms. The van der Waals surface area contributed by atoms with Crippen molar-refractivity contribution < 1.29 is 19.2 Å². The first-order valence-electron chi connectivity index (χ1n) is 6.83. The van der Waals surface area contributed by atoms with Gasteiger partial charge in [-0.15, -0.1) is 0 Å². The van der Waals surface area contributed by atoms with Crippen LogP contribution in [0.3, 0.4) is 0 Å². The third kappa shape index (κ3) is 4.20. The van der Waals surface area contributed by atoms with Gasteiger partial charge in [-0.1, -0.05) is 0 Å². The van der Waals surface area contributed by atoms with E-state index < -0.39 is 10.8 Å². The maximum absolute atomic E-state index is 12.0. The van der Waals surface area contributed by atoms with E-state index in [1.165, 1.54) is 6.07 Å². The molecule has 0 aliphatic rings. The summed E-state index contributed by atoms with van der Waals surface area (Å²) in [6, 6.07) is 8.51. The standard InChI is InChI=1S/C16H13N3O5/c1-10-2-3-15(24-10)9-18-16(21)12(8-17)4-11-5-13(19(22)23)7-14(20)6-11/h2-7,20H,9H2,1H3,(H,18,21)/b12-4+. The lowest BCUT2D eigenvalue weighted by atomic mass is 10.1. The van der Waals surface area contributed by atoms with Crippen LogP contribution in [-0.2, 0) is 11.3 Å². The first kappa shape index (κ1) is 16.8. The number of nitriles is 1. The van der Waals surface area contributed by atoms with Crippen molar-refractivity contribution in [2.75, 3.05) is 0 Å². The summed E-state index contributed by atoms with van der Waals surface area (Å²) >= 11 is 0. The number of aryl methyl sites for hydroxylation is 1. The number of nitro benzene ring substituents is 1. The van der Waals surface area contributed by atoms with Crippen LogP contribution >= 0.6 is 0 Å². The number of aromatic hydroxyl groups is 1. The fourth-order valence-corrected chi connectivity index (χ4v) is 1.96. The Morgan fingerprint density at radius 1 is 1.46 bits per heavy atom. The van der Waals surface area contributed by atoms with Gasteiger partial charge in [0.25, 0.3) is 11.6 Å². The van der Waals surface area contributed by atoms with Crippen molar-refractivity contribution in [1.29, 1.82) is 5.26 Å². The smallest absolute Gasteiger partial charge is 0.273 e. The molecule has 0 radical (unpaired) electrons. The molecule has 0 saturated carbocycles. The molecule has 1 aromatic carbocycles. The zero-order valence-electron chi connectivity index (χ0n) is 12.6. The second kappa shape index (κ2) is 7.11. The van der Waals surface area contributed by atoms with Gasteiger partial charge in [-0.3, -0.25) is 14.9 Å². The molecule has 122 valence electrons. The van der Waals surface area contributed by atoms with E-state index in [1.807, 2.05) is 0 Å². The molecule has 0 aliphatic carbocycles. The topological polar surface area (TPSA) is 129 Å². The summed E-state index contributed by atoms with van der Waals surface area (Å²) in [4.78, 5) is 22.1. The zero-order chi connectivity index (χ0) is 17.7. The molecule has 0 atom stereocenters. The van der Waals surface area contributed by atoms with Gasteiger partial charge in [0, 0.05) is 6.07 Å². The van der Waals surface area contributed by atoms with Crippen molar-refractivity contribution in [2.24, 2.45) is 0 Å². The fourth-order valence-electron chi connectivity index (χ4n) is 1.96. The highest BCUT2D eigenvalue weighted by molar-refractivity contribution is 6.01. The molecule has 0 unspecified atom stereocenters. The number of furan rings is 1. The summed E-state index contributed by atoms with van der Waals surface area (Å²) in [5, 5.41) is 31.9. The lowest BCUT2D eigenvalue weighted by Crippen LogP contribution is -2.23. The van der Waals surface area contributed by atoms with Gasteiger partial charge in [0.15, 0.2) is 0 Å². The van der Waals surface area contributed by atoms with Crippen LogP contribution in [0.1, 0.15) is 17.1 Å². The van der Waals surface area contributed by atoms with Gasteiger partial charge in [0.1, 0.15) is 28.9 Å². The number of nitrogens with zero attached hydrogens (tertiary/aromatic N) is 2. The number of non-ortho nitro benzene ring substituents is 1. The largest absolute Gasteiger partial charge is 0.508 e. The van der Waals surface area contributed by atoms with Crippen LogP contribution in [0.2, 0.25) is 0 Å². The minimum Gasteiger partial charge on any atom is -0.508 e. The number of nitrogens with one attached hydrogen (secondary N) is 1. The number of phenolic OH excluding ortho intramolecular Hbond substituents is 1. The minimum absolute atomic E-state index is 0.103. The molecule has 1 amide bonds. The van der Waals surface area contributed by atoms with E-state index in [1.54, 1.807) is 25.1 Å². The molecule has 8 heteroatoms. The summed E-state index contributed by atoms with van der Waals surface area (Å²) in [7, 11) is 0. The molecule has 0 bridgehead atoms. The van der Waals surface area contributed by atoms with Crippen LogP contribution in [0.4, 0.5) is 5.69 Å². The van der Waals surface area contributed by atoms with Crippen LogP contribution in [0.5, 0.6) is 5.75 Å². The number of phenols is 1. The minimum atomic E-state index is -0.678. The Labute approximate surface area is 136 Å². The third-order valence-electron chi connectivity index (χ3n) is 3.03. The highest BCUT2D eigenvalue weighted by Crippen LogP contribution is 2.23. The van der Waals surface area contributed by atoms with Crippen molar-refractivity contribution in [3.8, 4) is 11.8 Å². The second-order valence-electron chi connectivity index (χ2n) is 4.90. The van der Waals surface area contributed by atoms with Crippen molar-refractivity contribution >= 4 is 17.7 Å². The lowest BCUT2D eigenvalue weighted by molar-refractivity contribution is -0.384. The number of rotatable bonds is 5. The molecule has 24 heavy (non-hydrogen) atoms. The maximum Gasteiger partial charge on any atom is 0.273 e. The average molecular weight is 327 g/mol. The fraction of sp³-hybridized carbons (Fsp3) is 0.125. The molecule has 1 aromatic heterocycles. The number of hydrogen-bond donors (Lipinski definition) is 2. The van der Waals surface area contributed by atoms with E-state index in [0.29, 0.717) is 11.5 Å². The van der Waals surface area contributed by atoms with E-state index in [4.69, 9.17) is 9.68 Å². The number of nitro groups is 1. The number of carbonyl (C=O) groups excluding carboxylic acids is 1. The first-order valence-corrected chi connectivity index (χ1v) is 6.83. The Bertz CT molecular complexity index is 861. The van der Waals surface area contributed by atoms with Crippen LogP contribution in [-0.4, -0.2) is 15.9 Å². The SMILES string of the molecule is Cc1ccc(CNC(=O)/C(C#N)=C/c2cc(O)cc([N+](=O)[O-])c2)o1. The molecule has 0 aliphatic heterocycles. The Morgan fingerprint density at radius 3 is 2.79 bits per heavy atom. The molecule has 2 rings (SSSR count). The number of amides is 1. The quantitative estimate of drug-likeness (QED) is 0.375. The molecular weight excluding hydrogens is 314 g/mol. The maximum atomic E-state index is 12.0. The molecule has 2 N–H and O–H groups in total. The van der Waals surface area contributed by atoms with E-state index in [9.17, 15) is 20.0 Å². The van der Waals surface area contributed by atoms with Gasteiger partial charge >= 0.3 is 0 Å². The molecule has 0 saturated heterocycles. The predicted octanol–water partition coefficient (Wildman–Crippen LogP) is 2.43. The van der Waals surface area contributed by atoms with Gasteiger partial charge < -0.3 is 14.8 Å². The molecule has 2 aromatic rings. The van der Waals surface area contributed by atoms with Gasteiger partial charge in [-0.05, 0) is 36.8 Å².